The third-order valence-corrected chi connectivity index (χ3v) is 5.88. The number of amides is 4. The number of ether oxygens (including phenoxy) is 1. The van der Waals surface area contributed by atoms with Crippen LogP contribution in [0.3, 0.4) is 0 Å². The van der Waals surface area contributed by atoms with E-state index in [9.17, 15) is 18.8 Å². The van der Waals surface area contributed by atoms with Gasteiger partial charge in [-0.3, -0.25) is 9.69 Å². The lowest BCUT2D eigenvalue weighted by molar-refractivity contribution is -0.121. The number of hydrogen-bond acceptors (Lipinski definition) is 4. The molecule has 1 unspecified atom stereocenters. The van der Waals surface area contributed by atoms with Crippen molar-refractivity contribution < 1.29 is 23.5 Å². The summed E-state index contributed by atoms with van der Waals surface area (Å²) in [6.07, 6.45) is -0.658. The van der Waals surface area contributed by atoms with E-state index >= 15 is 0 Å². The van der Waals surface area contributed by atoms with E-state index in [2.05, 4.69) is 5.32 Å². The molecule has 0 aromatic heterocycles. The summed E-state index contributed by atoms with van der Waals surface area (Å²) in [6.45, 7) is 3.36. The van der Waals surface area contributed by atoms with Gasteiger partial charge in [-0.05, 0) is 35.4 Å². The lowest BCUT2D eigenvalue weighted by Gasteiger charge is -2.18. The average Bonchev–Trinajstić information content (AvgIpc) is 3.00. The zero-order valence-corrected chi connectivity index (χ0v) is 15.6. The summed E-state index contributed by atoms with van der Waals surface area (Å²) in [5.74, 6) is 0.104. The second kappa shape index (κ2) is 6.96. The number of likely N-dealkylation sites (tertiary alicyclic amines) is 1. The Bertz CT molecular complexity index is 820. The molecule has 9 heteroatoms. The zero-order valence-electron chi connectivity index (χ0n) is 15.6. The minimum Gasteiger partial charge on any atom is -0.442 e. The molecular formula is C19H23FN4O4. The number of hydrogen-bond donors (Lipinski definition) is 2. The van der Waals surface area contributed by atoms with Crippen LogP contribution in [0.25, 0.3) is 0 Å². The van der Waals surface area contributed by atoms with Crippen LogP contribution in [0.1, 0.15) is 24.8 Å². The molecule has 4 atom stereocenters. The topological polar surface area (TPSA) is 105 Å². The third kappa shape index (κ3) is 3.25. The minimum absolute atomic E-state index is 0.0900. The Kier molecular flexibility index (Phi) is 4.60. The average molecular weight is 390 g/mol. The molecule has 2 heterocycles. The summed E-state index contributed by atoms with van der Waals surface area (Å²) in [5, 5.41) is 2.69. The maximum absolute atomic E-state index is 14.7. The number of carbonyl (C=O) groups excluding carboxylic acids is 3. The Labute approximate surface area is 161 Å². The van der Waals surface area contributed by atoms with Crippen molar-refractivity contribution in [2.45, 2.75) is 25.4 Å². The Morgan fingerprint density at radius 1 is 1.29 bits per heavy atom. The van der Waals surface area contributed by atoms with Crippen LogP contribution in [-0.4, -0.2) is 55.2 Å². The summed E-state index contributed by atoms with van der Waals surface area (Å²) in [7, 11) is 0. The van der Waals surface area contributed by atoms with Gasteiger partial charge in [0.25, 0.3) is 0 Å². The van der Waals surface area contributed by atoms with Crippen molar-refractivity contribution >= 4 is 23.7 Å². The van der Waals surface area contributed by atoms with Crippen LogP contribution in [-0.2, 0) is 9.53 Å². The highest BCUT2D eigenvalue weighted by Crippen LogP contribution is 2.58. The molecule has 2 aliphatic heterocycles. The lowest BCUT2D eigenvalue weighted by atomic mass is 10.1. The Balaban J connectivity index is 1.40. The van der Waals surface area contributed by atoms with E-state index in [0.717, 1.165) is 0 Å². The van der Waals surface area contributed by atoms with E-state index in [1.165, 1.54) is 11.0 Å². The first-order chi connectivity index (χ1) is 13.4. The van der Waals surface area contributed by atoms with Gasteiger partial charge in [-0.15, -0.1) is 0 Å². The van der Waals surface area contributed by atoms with Crippen molar-refractivity contribution in [3.63, 3.8) is 0 Å². The van der Waals surface area contributed by atoms with Crippen LogP contribution in [0.5, 0.6) is 0 Å². The van der Waals surface area contributed by atoms with Crippen molar-refractivity contribution in [2.24, 2.45) is 17.6 Å². The van der Waals surface area contributed by atoms with E-state index in [-0.39, 0.29) is 42.6 Å². The fourth-order valence-corrected chi connectivity index (χ4v) is 4.31. The fourth-order valence-electron chi connectivity index (χ4n) is 4.31. The molecule has 3 aliphatic rings. The van der Waals surface area contributed by atoms with Crippen molar-refractivity contribution in [1.29, 1.82) is 0 Å². The standard InChI is InChI=1S/C19H23FN4O4/c1-2-16(25)22-6-11-7-24(19(27)28-11)10-3-4-12(15(20)5-10)17-13-8-23(18(21)26)9-14(13)17/h3-5,11,13-14,17H,2,6-9H2,1H3,(H2,21,26)(H,22,25)/t11-,13-,14+,17?/m0/s1. The molecule has 3 fully saturated rings. The summed E-state index contributed by atoms with van der Waals surface area (Å²) in [5.41, 5.74) is 6.34. The van der Waals surface area contributed by atoms with E-state index in [4.69, 9.17) is 10.5 Å². The SMILES string of the molecule is CCC(=O)NC[C@H]1CN(c2ccc(C3[C@H]4CN(C(N)=O)C[C@@H]34)c(F)c2)C(=O)O1. The van der Waals surface area contributed by atoms with Crippen LogP contribution in [0.4, 0.5) is 19.7 Å². The fraction of sp³-hybridized carbons (Fsp3) is 0.526. The van der Waals surface area contributed by atoms with Gasteiger partial charge in [0.2, 0.25) is 5.91 Å². The van der Waals surface area contributed by atoms with E-state index in [1.807, 2.05) is 0 Å². The number of rotatable bonds is 5. The van der Waals surface area contributed by atoms with Gasteiger partial charge < -0.3 is 20.7 Å². The second-order valence-electron chi connectivity index (χ2n) is 7.58. The first kappa shape index (κ1) is 18.5. The van der Waals surface area contributed by atoms with Crippen LogP contribution < -0.4 is 16.0 Å². The maximum Gasteiger partial charge on any atom is 0.414 e. The molecule has 0 spiro atoms. The molecule has 4 amide bonds. The van der Waals surface area contributed by atoms with Crippen LogP contribution in [0.2, 0.25) is 0 Å². The van der Waals surface area contributed by atoms with Crippen molar-refractivity contribution in [2.75, 3.05) is 31.1 Å². The molecule has 150 valence electrons. The monoisotopic (exact) mass is 390 g/mol. The van der Waals surface area contributed by atoms with Crippen LogP contribution in [0, 0.1) is 17.7 Å². The molecule has 1 aliphatic carbocycles. The number of fused-ring (bicyclic) bond motifs is 1. The number of nitrogens with two attached hydrogens (primary N) is 1. The Morgan fingerprint density at radius 3 is 2.61 bits per heavy atom. The highest BCUT2D eigenvalue weighted by Gasteiger charge is 2.57. The molecule has 1 aromatic carbocycles. The molecule has 8 nitrogen and oxygen atoms in total. The number of urea groups is 1. The second-order valence-corrected chi connectivity index (χ2v) is 7.58. The highest BCUT2D eigenvalue weighted by atomic mass is 19.1. The zero-order chi connectivity index (χ0) is 20.0. The Hall–Kier alpha value is -2.84. The smallest absolute Gasteiger partial charge is 0.414 e. The van der Waals surface area contributed by atoms with Crippen molar-refractivity contribution in [3.8, 4) is 0 Å². The number of cyclic esters (lactones) is 1. The summed E-state index contributed by atoms with van der Waals surface area (Å²) in [4.78, 5) is 37.7. The van der Waals surface area contributed by atoms with Gasteiger partial charge >= 0.3 is 12.1 Å². The number of nitrogens with one attached hydrogen (secondary N) is 1. The molecule has 1 saturated carbocycles. The predicted octanol–water partition coefficient (Wildman–Crippen LogP) is 1.40. The number of carbonyl (C=O) groups is 3. The quantitative estimate of drug-likeness (QED) is 0.793. The predicted molar refractivity (Wildman–Crippen MR) is 98.2 cm³/mol. The third-order valence-electron chi connectivity index (χ3n) is 5.88. The maximum atomic E-state index is 14.7. The summed E-state index contributed by atoms with van der Waals surface area (Å²) in [6, 6.07) is 4.34. The summed E-state index contributed by atoms with van der Waals surface area (Å²) >= 11 is 0. The lowest BCUT2D eigenvalue weighted by Crippen LogP contribution is -2.35. The first-order valence-electron chi connectivity index (χ1n) is 9.47. The van der Waals surface area contributed by atoms with Gasteiger partial charge in [0.1, 0.15) is 11.9 Å². The largest absolute Gasteiger partial charge is 0.442 e. The molecule has 3 N–H and O–H groups in total. The van der Waals surface area contributed by atoms with E-state index < -0.39 is 18.2 Å². The molecule has 0 radical (unpaired) electrons. The van der Waals surface area contributed by atoms with Crippen molar-refractivity contribution in [3.05, 3.63) is 29.6 Å². The van der Waals surface area contributed by atoms with Gasteiger partial charge in [-0.1, -0.05) is 13.0 Å². The number of piperidine rings is 1. The number of anilines is 1. The molecule has 1 aromatic rings. The number of nitrogens with zero attached hydrogens (tertiary/aromatic N) is 2. The Morgan fingerprint density at radius 2 is 2.00 bits per heavy atom. The molecule has 0 bridgehead atoms. The molecular weight excluding hydrogens is 367 g/mol. The normalized spacial score (nSPS) is 28.1. The van der Waals surface area contributed by atoms with Gasteiger partial charge in [0, 0.05) is 19.5 Å². The van der Waals surface area contributed by atoms with E-state index in [1.54, 1.807) is 24.0 Å². The number of halogens is 1. The first-order valence-corrected chi connectivity index (χ1v) is 9.47. The van der Waals surface area contributed by atoms with Crippen LogP contribution in [0.15, 0.2) is 18.2 Å². The summed E-state index contributed by atoms with van der Waals surface area (Å²) < 4.78 is 20.0. The minimum atomic E-state index is -0.553. The van der Waals surface area contributed by atoms with Crippen LogP contribution >= 0.6 is 0 Å². The molecule has 4 rings (SSSR count). The molecule has 2 saturated heterocycles. The van der Waals surface area contributed by atoms with E-state index in [0.29, 0.717) is 30.8 Å². The highest BCUT2D eigenvalue weighted by molar-refractivity contribution is 5.90. The van der Waals surface area contributed by atoms with Crippen molar-refractivity contribution in [1.82, 2.24) is 10.2 Å². The number of benzene rings is 1. The number of primary amides is 1. The van der Waals surface area contributed by atoms with Gasteiger partial charge in [0.05, 0.1) is 18.8 Å². The van der Waals surface area contributed by atoms with Gasteiger partial charge in [-0.25, -0.2) is 14.0 Å². The molecule has 28 heavy (non-hydrogen) atoms. The van der Waals surface area contributed by atoms with Gasteiger partial charge in [0.15, 0.2) is 0 Å². The van der Waals surface area contributed by atoms with Gasteiger partial charge in [-0.2, -0.15) is 0 Å².